The molecule has 1 aliphatic rings. The molecule has 0 saturated carbocycles. The van der Waals surface area contributed by atoms with Gasteiger partial charge in [0.05, 0.1) is 23.7 Å². The quantitative estimate of drug-likeness (QED) is 0.793. The molecule has 0 aromatic heterocycles. The smallest absolute Gasteiger partial charge is 0.239 e. The van der Waals surface area contributed by atoms with Crippen molar-refractivity contribution in [3.8, 4) is 0 Å². The fourth-order valence-electron chi connectivity index (χ4n) is 2.38. The summed E-state index contributed by atoms with van der Waals surface area (Å²) in [6.07, 6.45) is -0.682. The van der Waals surface area contributed by atoms with E-state index in [0.29, 0.717) is 0 Å². The van der Waals surface area contributed by atoms with Crippen LogP contribution in [0, 0.1) is 0 Å². The van der Waals surface area contributed by atoms with Crippen molar-refractivity contribution in [2.75, 3.05) is 31.1 Å². The monoisotopic (exact) mass is 326 g/mol. The Bertz CT molecular complexity index is 589. The molecule has 1 fully saturated rings. The van der Waals surface area contributed by atoms with E-state index < -0.39 is 22.0 Å². The van der Waals surface area contributed by atoms with Crippen molar-refractivity contribution in [2.24, 2.45) is 0 Å². The first-order chi connectivity index (χ1) is 10.4. The van der Waals surface area contributed by atoms with Gasteiger partial charge < -0.3 is 15.3 Å². The van der Waals surface area contributed by atoms with Gasteiger partial charge in [-0.15, -0.1) is 0 Å². The van der Waals surface area contributed by atoms with E-state index in [2.05, 4.69) is 5.32 Å². The normalized spacial score (nSPS) is 20.4. The fraction of sp³-hybridized carbons (Fsp3) is 0.533. The van der Waals surface area contributed by atoms with Gasteiger partial charge in [0, 0.05) is 19.6 Å². The first-order valence-electron chi connectivity index (χ1n) is 7.34. The molecule has 1 aromatic carbocycles. The lowest BCUT2D eigenvalue weighted by atomic mass is 10.1. The zero-order chi connectivity index (χ0) is 16.2. The number of benzene rings is 1. The molecule has 1 aromatic rings. The zero-order valence-corrected chi connectivity index (χ0v) is 13.4. The zero-order valence-electron chi connectivity index (χ0n) is 12.6. The molecule has 1 aliphatic heterocycles. The highest BCUT2D eigenvalue weighted by Crippen LogP contribution is 2.11. The molecule has 0 spiro atoms. The van der Waals surface area contributed by atoms with Crippen LogP contribution in [0.3, 0.4) is 0 Å². The highest BCUT2D eigenvalue weighted by molar-refractivity contribution is 7.91. The van der Waals surface area contributed by atoms with Crippen molar-refractivity contribution >= 4 is 15.7 Å². The number of rotatable bonds is 5. The molecular weight excluding hydrogens is 304 g/mol. The van der Waals surface area contributed by atoms with Crippen LogP contribution >= 0.6 is 0 Å². The van der Waals surface area contributed by atoms with Gasteiger partial charge in [-0.1, -0.05) is 30.3 Å². The van der Waals surface area contributed by atoms with E-state index in [1.807, 2.05) is 30.3 Å². The molecule has 6 nitrogen and oxygen atoms in total. The van der Waals surface area contributed by atoms with Crippen molar-refractivity contribution in [1.29, 1.82) is 0 Å². The maximum Gasteiger partial charge on any atom is 0.239 e. The molecule has 2 atom stereocenters. The number of sulfone groups is 1. The lowest BCUT2D eigenvalue weighted by Crippen LogP contribution is -2.51. The third-order valence-electron chi connectivity index (χ3n) is 3.83. The third-order valence-corrected chi connectivity index (χ3v) is 5.44. The first-order valence-corrected chi connectivity index (χ1v) is 9.17. The second-order valence-corrected chi connectivity index (χ2v) is 7.84. The van der Waals surface area contributed by atoms with Gasteiger partial charge in [-0.25, -0.2) is 8.42 Å². The van der Waals surface area contributed by atoms with Crippen LogP contribution in [-0.4, -0.2) is 61.5 Å². The molecule has 7 heteroatoms. The summed E-state index contributed by atoms with van der Waals surface area (Å²) in [5, 5.41) is 13.1. The summed E-state index contributed by atoms with van der Waals surface area (Å²) in [5.74, 6) is -0.0777. The van der Waals surface area contributed by atoms with Gasteiger partial charge >= 0.3 is 0 Å². The predicted octanol–water partition coefficient (Wildman–Crippen LogP) is -0.0449. The molecular formula is C15H22N2O4S. The lowest BCUT2D eigenvalue weighted by molar-refractivity contribution is -0.132. The minimum Gasteiger partial charge on any atom is -0.387 e. The van der Waals surface area contributed by atoms with Gasteiger partial charge in [-0.3, -0.25) is 4.79 Å². The number of aliphatic hydroxyl groups excluding tert-OH is 1. The Morgan fingerprint density at radius 1 is 1.27 bits per heavy atom. The number of aliphatic hydroxyl groups is 1. The summed E-state index contributed by atoms with van der Waals surface area (Å²) < 4.78 is 22.7. The Hall–Kier alpha value is -1.44. The highest BCUT2D eigenvalue weighted by atomic mass is 32.2. The summed E-state index contributed by atoms with van der Waals surface area (Å²) in [6.45, 7) is 2.48. The molecule has 1 amide bonds. The second-order valence-electron chi connectivity index (χ2n) is 5.53. The second kappa shape index (κ2) is 7.21. The number of carbonyl (C=O) groups excluding carboxylic acids is 1. The topological polar surface area (TPSA) is 86.7 Å². The third kappa shape index (κ3) is 4.53. The van der Waals surface area contributed by atoms with Crippen LogP contribution in [0.25, 0.3) is 0 Å². The summed E-state index contributed by atoms with van der Waals surface area (Å²) in [5.41, 5.74) is 0.790. The van der Waals surface area contributed by atoms with Crippen molar-refractivity contribution < 1.29 is 18.3 Å². The molecule has 2 N–H and O–H groups in total. The highest BCUT2D eigenvalue weighted by Gasteiger charge is 2.27. The van der Waals surface area contributed by atoms with Crippen molar-refractivity contribution in [3.63, 3.8) is 0 Å². The van der Waals surface area contributed by atoms with Crippen LogP contribution in [-0.2, 0) is 14.6 Å². The Morgan fingerprint density at radius 2 is 1.86 bits per heavy atom. The molecule has 0 aliphatic carbocycles. The summed E-state index contributed by atoms with van der Waals surface area (Å²) in [4.78, 5) is 13.8. The minimum atomic E-state index is -2.99. The van der Waals surface area contributed by atoms with Crippen LogP contribution in [0.15, 0.2) is 30.3 Å². The van der Waals surface area contributed by atoms with Crippen LogP contribution in [0.5, 0.6) is 0 Å². The molecule has 1 saturated heterocycles. The largest absolute Gasteiger partial charge is 0.387 e. The van der Waals surface area contributed by atoms with Gasteiger partial charge in [0.15, 0.2) is 9.84 Å². The number of hydrogen-bond donors (Lipinski definition) is 2. The Balaban J connectivity index is 1.82. The van der Waals surface area contributed by atoms with Crippen molar-refractivity contribution in [1.82, 2.24) is 10.2 Å². The first kappa shape index (κ1) is 16.9. The van der Waals surface area contributed by atoms with Gasteiger partial charge in [-0.05, 0) is 12.5 Å². The van der Waals surface area contributed by atoms with Gasteiger partial charge in [0.25, 0.3) is 0 Å². The van der Waals surface area contributed by atoms with E-state index in [1.54, 1.807) is 11.8 Å². The molecule has 0 bridgehead atoms. The van der Waals surface area contributed by atoms with E-state index in [-0.39, 0.29) is 37.0 Å². The summed E-state index contributed by atoms with van der Waals surface area (Å²) >= 11 is 0. The fourth-order valence-corrected chi connectivity index (χ4v) is 3.58. The average molecular weight is 326 g/mol. The maximum atomic E-state index is 12.2. The molecule has 2 rings (SSSR count). The summed E-state index contributed by atoms with van der Waals surface area (Å²) in [7, 11) is -2.99. The molecule has 22 heavy (non-hydrogen) atoms. The molecule has 1 unspecified atom stereocenters. The summed E-state index contributed by atoms with van der Waals surface area (Å²) in [6, 6.07) is 8.77. The van der Waals surface area contributed by atoms with E-state index in [9.17, 15) is 18.3 Å². The Kier molecular flexibility index (Phi) is 5.55. The van der Waals surface area contributed by atoms with Gasteiger partial charge in [0.1, 0.15) is 0 Å². The number of amides is 1. The van der Waals surface area contributed by atoms with Crippen molar-refractivity contribution in [3.05, 3.63) is 35.9 Å². The van der Waals surface area contributed by atoms with E-state index in [4.69, 9.17) is 0 Å². The molecule has 122 valence electrons. The number of hydrogen-bond acceptors (Lipinski definition) is 5. The molecule has 0 radical (unpaired) electrons. The Morgan fingerprint density at radius 3 is 2.45 bits per heavy atom. The SMILES string of the molecule is CC(NC[C@H](O)c1ccccc1)C(=O)N1CCS(=O)(=O)CC1. The van der Waals surface area contributed by atoms with Gasteiger partial charge in [-0.2, -0.15) is 0 Å². The van der Waals surface area contributed by atoms with E-state index in [1.165, 1.54) is 0 Å². The number of nitrogens with one attached hydrogen (secondary N) is 1. The minimum absolute atomic E-state index is 0.0259. The van der Waals surface area contributed by atoms with Crippen LogP contribution in [0.4, 0.5) is 0 Å². The van der Waals surface area contributed by atoms with E-state index >= 15 is 0 Å². The van der Waals surface area contributed by atoms with Crippen LogP contribution < -0.4 is 5.32 Å². The predicted molar refractivity (Wildman–Crippen MR) is 84.1 cm³/mol. The van der Waals surface area contributed by atoms with Crippen LogP contribution in [0.1, 0.15) is 18.6 Å². The van der Waals surface area contributed by atoms with E-state index in [0.717, 1.165) is 5.56 Å². The maximum absolute atomic E-state index is 12.2. The number of carbonyl (C=O) groups is 1. The van der Waals surface area contributed by atoms with Crippen LogP contribution in [0.2, 0.25) is 0 Å². The standard InChI is InChI=1S/C15H22N2O4S/c1-12(15(19)17-7-9-22(20,21)10-8-17)16-11-14(18)13-5-3-2-4-6-13/h2-6,12,14,16,18H,7-11H2,1H3/t12?,14-/m0/s1. The average Bonchev–Trinajstić information content (AvgIpc) is 2.52. The molecule has 1 heterocycles. The lowest BCUT2D eigenvalue weighted by Gasteiger charge is -2.29. The van der Waals surface area contributed by atoms with Gasteiger partial charge in [0.2, 0.25) is 5.91 Å². The Labute approximate surface area is 131 Å². The number of nitrogens with zero attached hydrogens (tertiary/aromatic N) is 1. The van der Waals surface area contributed by atoms with Crippen molar-refractivity contribution in [2.45, 2.75) is 19.1 Å².